The molecule has 6 heteroatoms. The van der Waals surface area contributed by atoms with Crippen LogP contribution < -0.4 is 0 Å². The maximum Gasteiger partial charge on any atom is 0.419 e. The second-order valence-electron chi connectivity index (χ2n) is 2.19. The quantitative estimate of drug-likeness (QED) is 0.637. The van der Waals surface area contributed by atoms with Crippen molar-refractivity contribution in [2.45, 2.75) is 13.1 Å². The van der Waals surface area contributed by atoms with Gasteiger partial charge in [0.05, 0.1) is 11.8 Å². The van der Waals surface area contributed by atoms with E-state index >= 15 is 0 Å². The standard InChI is InChI=1S/C6H4ClF3N2/c1-3-2-11-12-5(7)4(3)6(8,9)10/h2H,1H3. The van der Waals surface area contributed by atoms with Gasteiger partial charge >= 0.3 is 6.18 Å². The van der Waals surface area contributed by atoms with Gasteiger partial charge in [-0.1, -0.05) is 11.6 Å². The van der Waals surface area contributed by atoms with E-state index in [2.05, 4.69) is 10.2 Å². The molecule has 66 valence electrons. The lowest BCUT2D eigenvalue weighted by molar-refractivity contribution is -0.138. The molecule has 0 atom stereocenters. The number of hydrogen-bond donors (Lipinski definition) is 0. The van der Waals surface area contributed by atoms with Crippen LogP contribution in [0.15, 0.2) is 6.20 Å². The number of rotatable bonds is 0. The van der Waals surface area contributed by atoms with Crippen LogP contribution in [0.3, 0.4) is 0 Å². The summed E-state index contributed by atoms with van der Waals surface area (Å²) in [4.78, 5) is 0. The van der Waals surface area contributed by atoms with E-state index in [1.807, 2.05) is 0 Å². The van der Waals surface area contributed by atoms with Gasteiger partial charge < -0.3 is 0 Å². The number of hydrogen-bond acceptors (Lipinski definition) is 2. The fourth-order valence-corrected chi connectivity index (χ4v) is 1.08. The minimum Gasteiger partial charge on any atom is -0.166 e. The molecule has 1 rings (SSSR count). The van der Waals surface area contributed by atoms with Crippen molar-refractivity contribution in [1.29, 1.82) is 0 Å². The van der Waals surface area contributed by atoms with E-state index < -0.39 is 16.9 Å². The van der Waals surface area contributed by atoms with E-state index in [1.165, 1.54) is 6.92 Å². The molecule has 1 aromatic heterocycles. The zero-order chi connectivity index (χ0) is 9.35. The Morgan fingerprint density at radius 3 is 2.33 bits per heavy atom. The number of aryl methyl sites for hydroxylation is 1. The van der Waals surface area contributed by atoms with Gasteiger partial charge in [0.25, 0.3) is 0 Å². The van der Waals surface area contributed by atoms with Crippen LogP contribution in [0, 0.1) is 6.92 Å². The molecule has 0 fully saturated rings. The summed E-state index contributed by atoms with van der Waals surface area (Å²) in [5.74, 6) is 0. The van der Waals surface area contributed by atoms with Crippen molar-refractivity contribution in [3.8, 4) is 0 Å². The Hall–Kier alpha value is -0.840. The van der Waals surface area contributed by atoms with Crippen LogP contribution in [0.25, 0.3) is 0 Å². The summed E-state index contributed by atoms with van der Waals surface area (Å²) >= 11 is 5.22. The van der Waals surface area contributed by atoms with Crippen molar-refractivity contribution in [2.75, 3.05) is 0 Å². The molecule has 0 saturated carbocycles. The van der Waals surface area contributed by atoms with Crippen LogP contribution >= 0.6 is 11.6 Å². The molecule has 1 aromatic rings. The molecule has 0 radical (unpaired) electrons. The second-order valence-corrected chi connectivity index (χ2v) is 2.55. The summed E-state index contributed by atoms with van der Waals surface area (Å²) in [6.45, 7) is 1.28. The highest BCUT2D eigenvalue weighted by Crippen LogP contribution is 2.34. The second kappa shape index (κ2) is 2.90. The lowest BCUT2D eigenvalue weighted by atomic mass is 10.2. The minimum absolute atomic E-state index is 0.0255. The van der Waals surface area contributed by atoms with Crippen molar-refractivity contribution in [3.05, 3.63) is 22.5 Å². The zero-order valence-corrected chi connectivity index (χ0v) is 6.74. The molecule has 0 aliphatic rings. The van der Waals surface area contributed by atoms with E-state index in [-0.39, 0.29) is 5.56 Å². The Kier molecular flexibility index (Phi) is 2.23. The zero-order valence-electron chi connectivity index (χ0n) is 5.98. The molecule has 2 nitrogen and oxygen atoms in total. The predicted molar refractivity (Wildman–Crippen MR) is 36.8 cm³/mol. The molecule has 0 unspecified atom stereocenters. The molecule has 0 N–H and O–H groups in total. The molecular formula is C6H4ClF3N2. The first-order chi connectivity index (χ1) is 5.43. The normalized spacial score (nSPS) is 11.8. The van der Waals surface area contributed by atoms with Crippen LogP contribution in [-0.2, 0) is 6.18 Å². The summed E-state index contributed by atoms with van der Waals surface area (Å²) in [6.07, 6.45) is -3.44. The van der Waals surface area contributed by atoms with Gasteiger partial charge in [0, 0.05) is 0 Å². The Labute approximate surface area is 71.4 Å². The van der Waals surface area contributed by atoms with Crippen molar-refractivity contribution in [1.82, 2.24) is 10.2 Å². The largest absolute Gasteiger partial charge is 0.419 e. The lowest BCUT2D eigenvalue weighted by Crippen LogP contribution is -2.10. The topological polar surface area (TPSA) is 25.8 Å². The third-order valence-electron chi connectivity index (χ3n) is 1.28. The number of alkyl halides is 3. The smallest absolute Gasteiger partial charge is 0.166 e. The molecule has 12 heavy (non-hydrogen) atoms. The van der Waals surface area contributed by atoms with Crippen LogP contribution in [0.1, 0.15) is 11.1 Å². The highest BCUT2D eigenvalue weighted by Gasteiger charge is 2.35. The Morgan fingerprint density at radius 2 is 2.00 bits per heavy atom. The van der Waals surface area contributed by atoms with Gasteiger partial charge in [-0.3, -0.25) is 0 Å². The van der Waals surface area contributed by atoms with Gasteiger partial charge in [-0.15, -0.1) is 5.10 Å². The predicted octanol–water partition coefficient (Wildman–Crippen LogP) is 2.46. The lowest BCUT2D eigenvalue weighted by Gasteiger charge is -2.09. The van der Waals surface area contributed by atoms with E-state index in [4.69, 9.17) is 11.6 Å². The first-order valence-electron chi connectivity index (χ1n) is 2.98. The molecule has 0 spiro atoms. The molecule has 0 amide bonds. The molecule has 0 saturated heterocycles. The summed E-state index contributed by atoms with van der Waals surface area (Å²) in [5.41, 5.74) is -0.943. The maximum atomic E-state index is 12.2. The highest BCUT2D eigenvalue weighted by molar-refractivity contribution is 6.30. The van der Waals surface area contributed by atoms with E-state index in [9.17, 15) is 13.2 Å². The third-order valence-corrected chi connectivity index (χ3v) is 1.55. The summed E-state index contributed by atoms with van der Waals surface area (Å²) in [7, 11) is 0. The molecule has 0 aromatic carbocycles. The average molecular weight is 197 g/mol. The summed E-state index contributed by atoms with van der Waals surface area (Å²) < 4.78 is 36.5. The molecule has 0 aliphatic heterocycles. The molecule has 1 heterocycles. The fraction of sp³-hybridized carbons (Fsp3) is 0.333. The van der Waals surface area contributed by atoms with Gasteiger partial charge in [0.15, 0.2) is 5.15 Å². The van der Waals surface area contributed by atoms with Crippen molar-refractivity contribution in [2.24, 2.45) is 0 Å². The number of nitrogens with zero attached hydrogens (tertiary/aromatic N) is 2. The van der Waals surface area contributed by atoms with Gasteiger partial charge in [-0.05, 0) is 12.5 Å². The van der Waals surface area contributed by atoms with Gasteiger partial charge in [0.1, 0.15) is 0 Å². The first-order valence-corrected chi connectivity index (χ1v) is 3.35. The van der Waals surface area contributed by atoms with Crippen molar-refractivity contribution >= 4 is 11.6 Å². The summed E-state index contributed by atoms with van der Waals surface area (Å²) in [5, 5.41) is 5.77. The fourth-order valence-electron chi connectivity index (χ4n) is 0.784. The average Bonchev–Trinajstić information content (AvgIpc) is 1.82. The Bertz CT molecular complexity index is 277. The number of halogens is 4. The van der Waals surface area contributed by atoms with E-state index in [1.54, 1.807) is 0 Å². The van der Waals surface area contributed by atoms with Crippen LogP contribution in [0.2, 0.25) is 5.15 Å². The van der Waals surface area contributed by atoms with E-state index in [0.717, 1.165) is 6.20 Å². The molecular weight excluding hydrogens is 193 g/mol. The van der Waals surface area contributed by atoms with Crippen molar-refractivity contribution < 1.29 is 13.2 Å². The van der Waals surface area contributed by atoms with E-state index in [0.29, 0.717) is 0 Å². The monoisotopic (exact) mass is 196 g/mol. The maximum absolute atomic E-state index is 12.2. The molecule has 0 aliphatic carbocycles. The van der Waals surface area contributed by atoms with Crippen LogP contribution in [0.4, 0.5) is 13.2 Å². The Morgan fingerprint density at radius 1 is 1.42 bits per heavy atom. The Balaban J connectivity index is 3.31. The van der Waals surface area contributed by atoms with Crippen LogP contribution in [0.5, 0.6) is 0 Å². The van der Waals surface area contributed by atoms with Crippen molar-refractivity contribution in [3.63, 3.8) is 0 Å². The summed E-state index contributed by atoms with van der Waals surface area (Å²) in [6, 6.07) is 0. The third kappa shape index (κ3) is 1.66. The van der Waals surface area contributed by atoms with Crippen LogP contribution in [-0.4, -0.2) is 10.2 Å². The number of aromatic nitrogens is 2. The first kappa shape index (κ1) is 9.25. The SMILES string of the molecule is Cc1cnnc(Cl)c1C(F)(F)F. The highest BCUT2D eigenvalue weighted by atomic mass is 35.5. The molecule has 0 bridgehead atoms. The van der Waals surface area contributed by atoms with Gasteiger partial charge in [0.2, 0.25) is 0 Å². The minimum atomic E-state index is -4.46. The van der Waals surface area contributed by atoms with Gasteiger partial charge in [-0.2, -0.15) is 18.3 Å². The van der Waals surface area contributed by atoms with Gasteiger partial charge in [-0.25, -0.2) is 0 Å².